The second-order valence-electron chi connectivity index (χ2n) is 3.71. The van der Waals surface area contributed by atoms with Gasteiger partial charge in [0.25, 0.3) is 0 Å². The highest BCUT2D eigenvalue weighted by atomic mass is 16.5. The van der Waals surface area contributed by atoms with E-state index in [1.54, 1.807) is 14.0 Å². The highest BCUT2D eigenvalue weighted by molar-refractivity contribution is 5.75. The Bertz CT molecular complexity index is 192. The van der Waals surface area contributed by atoms with Gasteiger partial charge in [0.05, 0.1) is 12.7 Å². The molecular formula is C10H19NO3. The molecule has 82 valence electrons. The van der Waals surface area contributed by atoms with Crippen molar-refractivity contribution < 1.29 is 14.3 Å². The van der Waals surface area contributed by atoms with Crippen LogP contribution >= 0.6 is 0 Å². The third kappa shape index (κ3) is 3.27. The molecule has 0 aromatic carbocycles. The van der Waals surface area contributed by atoms with Gasteiger partial charge in [-0.05, 0) is 32.1 Å². The molecule has 0 aromatic heterocycles. The van der Waals surface area contributed by atoms with Gasteiger partial charge >= 0.3 is 5.97 Å². The molecule has 1 aliphatic carbocycles. The van der Waals surface area contributed by atoms with Gasteiger partial charge in [0.15, 0.2) is 0 Å². The Morgan fingerprint density at radius 2 is 2.21 bits per heavy atom. The van der Waals surface area contributed by atoms with Crippen molar-refractivity contribution >= 4 is 5.97 Å². The summed E-state index contributed by atoms with van der Waals surface area (Å²) < 4.78 is 10.1. The molecule has 1 fully saturated rings. The van der Waals surface area contributed by atoms with E-state index in [2.05, 4.69) is 0 Å². The van der Waals surface area contributed by atoms with Crippen LogP contribution in [0.2, 0.25) is 0 Å². The summed E-state index contributed by atoms with van der Waals surface area (Å²) in [5, 5.41) is 0. The minimum Gasteiger partial charge on any atom is -0.465 e. The van der Waals surface area contributed by atoms with Crippen molar-refractivity contribution in [2.45, 2.75) is 38.3 Å². The maximum Gasteiger partial charge on any atom is 0.322 e. The number of ether oxygens (including phenoxy) is 2. The fourth-order valence-electron chi connectivity index (χ4n) is 1.54. The van der Waals surface area contributed by atoms with Crippen LogP contribution in [0.1, 0.15) is 26.2 Å². The summed E-state index contributed by atoms with van der Waals surface area (Å²) >= 11 is 0. The van der Waals surface area contributed by atoms with Crippen molar-refractivity contribution in [3.05, 3.63) is 0 Å². The first-order valence-electron chi connectivity index (χ1n) is 5.14. The van der Waals surface area contributed by atoms with Gasteiger partial charge in [-0.25, -0.2) is 0 Å². The first kappa shape index (κ1) is 11.5. The average molecular weight is 201 g/mol. The van der Waals surface area contributed by atoms with Crippen molar-refractivity contribution in [3.8, 4) is 0 Å². The van der Waals surface area contributed by atoms with E-state index in [-0.39, 0.29) is 12.1 Å². The van der Waals surface area contributed by atoms with E-state index < -0.39 is 6.04 Å². The van der Waals surface area contributed by atoms with Crippen LogP contribution in [-0.2, 0) is 14.3 Å². The lowest BCUT2D eigenvalue weighted by atomic mass is 10.1. The van der Waals surface area contributed by atoms with Crippen LogP contribution in [-0.4, -0.2) is 31.8 Å². The molecule has 0 saturated heterocycles. The number of carbonyl (C=O) groups excluding carboxylic acids is 1. The van der Waals surface area contributed by atoms with Gasteiger partial charge < -0.3 is 15.2 Å². The normalized spacial score (nSPS) is 20.2. The molecule has 1 aliphatic rings. The maximum absolute atomic E-state index is 11.2. The Balaban J connectivity index is 2.29. The third-order valence-corrected chi connectivity index (χ3v) is 2.53. The van der Waals surface area contributed by atoms with Crippen molar-refractivity contribution in [2.24, 2.45) is 11.7 Å². The standard InChI is InChI=1S/C10H19NO3/c1-3-14-10(12)8(11)6-9(13-2)7-4-5-7/h7-9H,3-6,11H2,1-2H3/t8-,9+/m0/s1. The van der Waals surface area contributed by atoms with Gasteiger partial charge in [-0.3, -0.25) is 4.79 Å². The zero-order valence-electron chi connectivity index (χ0n) is 8.86. The molecule has 0 aliphatic heterocycles. The Morgan fingerprint density at radius 3 is 2.64 bits per heavy atom. The molecular weight excluding hydrogens is 182 g/mol. The Kier molecular flexibility index (Phi) is 4.35. The lowest BCUT2D eigenvalue weighted by molar-refractivity contribution is -0.145. The van der Waals surface area contributed by atoms with Crippen LogP contribution in [0.15, 0.2) is 0 Å². The average Bonchev–Trinajstić information content (AvgIpc) is 2.97. The molecule has 4 nitrogen and oxygen atoms in total. The molecule has 0 amide bonds. The summed E-state index contributed by atoms with van der Waals surface area (Å²) in [7, 11) is 1.67. The lowest BCUT2D eigenvalue weighted by Crippen LogP contribution is -2.36. The molecule has 0 aromatic rings. The highest BCUT2D eigenvalue weighted by Gasteiger charge is 2.33. The molecule has 0 heterocycles. The number of carbonyl (C=O) groups is 1. The van der Waals surface area contributed by atoms with Crippen molar-refractivity contribution in [3.63, 3.8) is 0 Å². The summed E-state index contributed by atoms with van der Waals surface area (Å²) in [6, 6.07) is -0.541. The summed E-state index contributed by atoms with van der Waals surface area (Å²) in [5.74, 6) is 0.274. The summed E-state index contributed by atoms with van der Waals surface area (Å²) in [6.45, 7) is 2.16. The molecule has 2 atom stereocenters. The topological polar surface area (TPSA) is 61.5 Å². The zero-order chi connectivity index (χ0) is 10.6. The van der Waals surface area contributed by atoms with Crippen LogP contribution in [0.25, 0.3) is 0 Å². The van der Waals surface area contributed by atoms with Crippen LogP contribution in [0.3, 0.4) is 0 Å². The Hall–Kier alpha value is -0.610. The number of methoxy groups -OCH3 is 1. The van der Waals surface area contributed by atoms with E-state index in [1.165, 1.54) is 12.8 Å². The van der Waals surface area contributed by atoms with Gasteiger partial charge in [0.2, 0.25) is 0 Å². The Labute approximate surface area is 84.7 Å². The number of nitrogens with two attached hydrogens (primary N) is 1. The van der Waals surface area contributed by atoms with Gasteiger partial charge in [0.1, 0.15) is 6.04 Å². The molecule has 0 unspecified atom stereocenters. The van der Waals surface area contributed by atoms with E-state index >= 15 is 0 Å². The number of esters is 1. The minimum atomic E-state index is -0.541. The first-order chi connectivity index (χ1) is 6.69. The van der Waals surface area contributed by atoms with Gasteiger partial charge in [0, 0.05) is 7.11 Å². The number of rotatable bonds is 6. The lowest BCUT2D eigenvalue weighted by Gasteiger charge is -2.18. The van der Waals surface area contributed by atoms with E-state index in [0.717, 1.165) is 0 Å². The highest BCUT2D eigenvalue weighted by Crippen LogP contribution is 2.35. The van der Waals surface area contributed by atoms with E-state index in [0.29, 0.717) is 18.9 Å². The largest absolute Gasteiger partial charge is 0.465 e. The summed E-state index contributed by atoms with van der Waals surface area (Å²) in [5.41, 5.74) is 5.69. The molecule has 1 rings (SSSR count). The van der Waals surface area contributed by atoms with E-state index in [1.807, 2.05) is 0 Å². The molecule has 4 heteroatoms. The predicted molar refractivity (Wildman–Crippen MR) is 52.7 cm³/mol. The minimum absolute atomic E-state index is 0.120. The van der Waals surface area contributed by atoms with Crippen LogP contribution < -0.4 is 5.73 Å². The van der Waals surface area contributed by atoms with Crippen molar-refractivity contribution in [1.29, 1.82) is 0 Å². The zero-order valence-corrected chi connectivity index (χ0v) is 8.86. The van der Waals surface area contributed by atoms with Gasteiger partial charge in [-0.1, -0.05) is 0 Å². The summed E-state index contributed by atoms with van der Waals surface area (Å²) in [6.07, 6.45) is 3.07. The third-order valence-electron chi connectivity index (χ3n) is 2.53. The van der Waals surface area contributed by atoms with Crippen LogP contribution in [0, 0.1) is 5.92 Å². The molecule has 0 spiro atoms. The maximum atomic E-state index is 11.2. The number of hydrogen-bond acceptors (Lipinski definition) is 4. The molecule has 0 radical (unpaired) electrons. The van der Waals surface area contributed by atoms with Crippen LogP contribution in [0.4, 0.5) is 0 Å². The second kappa shape index (κ2) is 5.32. The number of hydrogen-bond donors (Lipinski definition) is 1. The summed E-state index contributed by atoms with van der Waals surface area (Å²) in [4.78, 5) is 11.2. The van der Waals surface area contributed by atoms with E-state index in [4.69, 9.17) is 15.2 Å². The second-order valence-corrected chi connectivity index (χ2v) is 3.71. The van der Waals surface area contributed by atoms with Gasteiger partial charge in [-0.2, -0.15) is 0 Å². The molecule has 14 heavy (non-hydrogen) atoms. The monoisotopic (exact) mass is 201 g/mol. The predicted octanol–water partition coefficient (Wildman–Crippen LogP) is 0.692. The first-order valence-corrected chi connectivity index (χ1v) is 5.14. The molecule has 0 bridgehead atoms. The molecule has 2 N–H and O–H groups in total. The van der Waals surface area contributed by atoms with E-state index in [9.17, 15) is 4.79 Å². The van der Waals surface area contributed by atoms with Gasteiger partial charge in [-0.15, -0.1) is 0 Å². The van der Waals surface area contributed by atoms with Crippen molar-refractivity contribution in [1.82, 2.24) is 0 Å². The molecule has 1 saturated carbocycles. The fraction of sp³-hybridized carbons (Fsp3) is 0.900. The fourth-order valence-corrected chi connectivity index (χ4v) is 1.54. The smallest absolute Gasteiger partial charge is 0.322 e. The van der Waals surface area contributed by atoms with Crippen LogP contribution in [0.5, 0.6) is 0 Å². The SMILES string of the molecule is CCOC(=O)[C@@H](N)C[C@@H](OC)C1CC1. The quantitative estimate of drug-likeness (QED) is 0.642. The van der Waals surface area contributed by atoms with Crippen molar-refractivity contribution in [2.75, 3.05) is 13.7 Å². The Morgan fingerprint density at radius 1 is 1.57 bits per heavy atom.